The molecule has 0 aromatic heterocycles. The number of nitrogens with zero attached hydrogens (tertiary/aromatic N) is 4. The van der Waals surface area contributed by atoms with Crippen molar-refractivity contribution in [1.29, 1.82) is 0 Å². The zero-order chi connectivity index (χ0) is 37.4. The maximum absolute atomic E-state index is 13.3. The van der Waals surface area contributed by atoms with Crippen molar-refractivity contribution < 1.29 is 9.59 Å². The van der Waals surface area contributed by atoms with E-state index in [-0.39, 0.29) is 33.2 Å². The molecule has 0 amide bonds. The Hall–Kier alpha value is -4.00. The lowest BCUT2D eigenvalue weighted by Gasteiger charge is -2.31. The maximum Gasteiger partial charge on any atom is 0.186 e. The Morgan fingerprint density at radius 2 is 0.740 bits per heavy atom. The Bertz CT molecular complexity index is 1760. The van der Waals surface area contributed by atoms with E-state index in [9.17, 15) is 9.59 Å². The van der Waals surface area contributed by atoms with Crippen molar-refractivity contribution in [2.75, 3.05) is 0 Å². The number of carbonyl (C=O) groups is 2. The van der Waals surface area contributed by atoms with Crippen molar-refractivity contribution >= 4 is 46.1 Å². The second kappa shape index (κ2) is 14.3. The molecule has 0 bridgehead atoms. The Kier molecular flexibility index (Phi) is 11.1. The van der Waals surface area contributed by atoms with Crippen LogP contribution in [0.15, 0.2) is 127 Å². The molecule has 2 aliphatic rings. The summed E-state index contributed by atoms with van der Waals surface area (Å²) in [5, 5.41) is 18.6. The minimum absolute atomic E-state index is 0.0686. The van der Waals surface area contributed by atoms with Crippen LogP contribution in [-0.2, 0) is 9.59 Å². The molecule has 2 aromatic rings. The Labute approximate surface area is 307 Å². The predicted molar refractivity (Wildman–Crippen MR) is 207 cm³/mol. The van der Waals surface area contributed by atoms with Crippen LogP contribution >= 0.6 is 23.2 Å². The zero-order valence-corrected chi connectivity index (χ0v) is 32.8. The average molecular weight is 712 g/mol. The highest BCUT2D eigenvalue weighted by molar-refractivity contribution is 6.32. The third-order valence-corrected chi connectivity index (χ3v) is 8.75. The van der Waals surface area contributed by atoms with Crippen LogP contribution in [0.5, 0.6) is 0 Å². The zero-order valence-electron chi connectivity index (χ0n) is 31.3. The second-order valence-corrected chi connectivity index (χ2v) is 17.8. The van der Waals surface area contributed by atoms with Gasteiger partial charge in [0.05, 0.1) is 23.8 Å². The smallest absolute Gasteiger partial charge is 0.186 e. The molecule has 262 valence electrons. The summed E-state index contributed by atoms with van der Waals surface area (Å²) in [5.74, 6) is 0.137. The maximum atomic E-state index is 13.3. The molecule has 0 N–H and O–H groups in total. The number of carbonyl (C=O) groups excluding carboxylic acids is 2. The van der Waals surface area contributed by atoms with Crippen LogP contribution in [0.3, 0.4) is 0 Å². The first kappa shape index (κ1) is 38.8. The highest BCUT2D eigenvalue weighted by atomic mass is 35.5. The lowest BCUT2D eigenvalue weighted by molar-refractivity contribution is -0.114. The van der Waals surface area contributed by atoms with Crippen LogP contribution in [0.1, 0.15) is 83.1 Å². The highest BCUT2D eigenvalue weighted by Gasteiger charge is 2.35. The molecule has 0 atom stereocenters. The van der Waals surface area contributed by atoms with E-state index in [1.54, 1.807) is 24.5 Å². The Balaban J connectivity index is 1.65. The number of allylic oxidation sites excluding steroid dienone is 10. The number of azo groups is 2. The Morgan fingerprint density at radius 3 is 1.00 bits per heavy atom. The van der Waals surface area contributed by atoms with Gasteiger partial charge in [-0.3, -0.25) is 9.59 Å². The van der Waals surface area contributed by atoms with Crippen molar-refractivity contribution in [3.8, 4) is 11.1 Å². The molecule has 50 heavy (non-hydrogen) atoms. The molecule has 2 aromatic carbocycles. The first-order valence-corrected chi connectivity index (χ1v) is 17.5. The van der Waals surface area contributed by atoms with Crippen LogP contribution in [-0.4, -0.2) is 11.6 Å². The van der Waals surface area contributed by atoms with Gasteiger partial charge in [0.2, 0.25) is 0 Å². The Morgan fingerprint density at radius 1 is 0.460 bits per heavy atom. The number of halogens is 2. The van der Waals surface area contributed by atoms with Gasteiger partial charge in [-0.1, -0.05) is 106 Å². The average Bonchev–Trinajstić information content (AvgIpc) is 2.95. The van der Waals surface area contributed by atoms with Crippen LogP contribution in [0.2, 0.25) is 10.0 Å². The van der Waals surface area contributed by atoms with E-state index >= 15 is 0 Å². The largest absolute Gasteiger partial charge is 0.289 e. The summed E-state index contributed by atoms with van der Waals surface area (Å²) in [6, 6.07) is 10.9. The van der Waals surface area contributed by atoms with Gasteiger partial charge in [0.15, 0.2) is 11.6 Å². The molecule has 0 saturated heterocycles. The van der Waals surface area contributed by atoms with Gasteiger partial charge < -0.3 is 0 Å². The standard InChI is InChI=1S/C42H48Cl2N4O2/c1-39(2,3)33-13-25(14-34(37(33)49)40(4,5)6)23-45-47-31-19-27(17-29(43)21-31)28-18-30(44)22-32(20-28)48-46-24-26-15-35(41(7,8)9)38(50)36(16-26)42(10,11)12/h13-24H,1-12H3/b47-45+,48-46+. The second-order valence-electron chi connectivity index (χ2n) is 17.0. The van der Waals surface area contributed by atoms with Crippen LogP contribution in [0.4, 0.5) is 11.4 Å². The number of hydrogen-bond donors (Lipinski definition) is 0. The molecule has 0 aliphatic heterocycles. The molecule has 0 heterocycles. The van der Waals surface area contributed by atoms with Crippen molar-refractivity contribution in [1.82, 2.24) is 0 Å². The van der Waals surface area contributed by atoms with Crippen LogP contribution in [0, 0.1) is 21.7 Å². The van der Waals surface area contributed by atoms with Gasteiger partial charge in [-0.2, -0.15) is 20.5 Å². The van der Waals surface area contributed by atoms with Crippen molar-refractivity contribution in [2.24, 2.45) is 42.1 Å². The number of benzene rings is 2. The molecular weight excluding hydrogens is 663 g/mol. The monoisotopic (exact) mass is 710 g/mol. The summed E-state index contributed by atoms with van der Waals surface area (Å²) >= 11 is 13.1. The topological polar surface area (TPSA) is 83.6 Å². The summed E-state index contributed by atoms with van der Waals surface area (Å²) in [4.78, 5) is 26.5. The number of rotatable bonds is 5. The molecule has 6 nitrogen and oxygen atoms in total. The third-order valence-electron chi connectivity index (χ3n) is 8.31. The summed E-state index contributed by atoms with van der Waals surface area (Å²) in [5.41, 5.74) is 5.99. The van der Waals surface area contributed by atoms with E-state index in [0.717, 1.165) is 44.6 Å². The number of Topliss-reactive ketones (excluding diaryl/α,β-unsaturated/α-hetero) is 2. The van der Waals surface area contributed by atoms with Gasteiger partial charge in [-0.05, 0) is 105 Å². The van der Waals surface area contributed by atoms with Gasteiger partial charge in [-0.15, -0.1) is 0 Å². The molecular formula is C42H48Cl2N4O2. The molecule has 8 heteroatoms. The number of ketones is 2. The fourth-order valence-corrected chi connectivity index (χ4v) is 6.06. The number of hydrogen-bond acceptors (Lipinski definition) is 6. The molecule has 0 spiro atoms. The minimum Gasteiger partial charge on any atom is -0.289 e. The van der Waals surface area contributed by atoms with Gasteiger partial charge in [0.1, 0.15) is 0 Å². The van der Waals surface area contributed by atoms with E-state index < -0.39 is 0 Å². The SMILES string of the molecule is CC(C)(C)C1=CC(=C/N=N/c2cc(Cl)cc(-c3cc(Cl)cc(/N=N/C=C4C=C(C(C)(C)C)C(=O)C(C(C)(C)C)=C4)c3)c2)C=C(C(C)(C)C)C1=O. The summed E-state index contributed by atoms with van der Waals surface area (Å²) in [6.45, 7) is 24.4. The minimum atomic E-state index is -0.317. The molecule has 0 radical (unpaired) electrons. The first-order valence-electron chi connectivity index (χ1n) is 16.8. The van der Waals surface area contributed by atoms with Gasteiger partial charge in [-0.25, -0.2) is 0 Å². The molecule has 0 fully saturated rings. The van der Waals surface area contributed by atoms with Gasteiger partial charge >= 0.3 is 0 Å². The quantitative estimate of drug-likeness (QED) is 0.289. The lowest BCUT2D eigenvalue weighted by atomic mass is 9.72. The van der Waals surface area contributed by atoms with Crippen LogP contribution < -0.4 is 0 Å². The van der Waals surface area contributed by atoms with Gasteiger partial charge in [0.25, 0.3) is 0 Å². The fourth-order valence-electron chi connectivity index (χ4n) is 5.60. The lowest BCUT2D eigenvalue weighted by Crippen LogP contribution is -2.27. The van der Waals surface area contributed by atoms with E-state index in [2.05, 4.69) is 20.5 Å². The summed E-state index contributed by atoms with van der Waals surface area (Å²) in [6.07, 6.45) is 10.9. The van der Waals surface area contributed by atoms with E-state index in [1.165, 1.54) is 0 Å². The van der Waals surface area contributed by atoms with Gasteiger partial charge in [0, 0.05) is 32.3 Å². The van der Waals surface area contributed by atoms with Crippen molar-refractivity contribution in [2.45, 2.75) is 83.1 Å². The third kappa shape index (κ3) is 9.61. The van der Waals surface area contributed by atoms with E-state index in [0.29, 0.717) is 21.4 Å². The van der Waals surface area contributed by atoms with E-state index in [1.807, 2.05) is 132 Å². The first-order chi connectivity index (χ1) is 22.9. The molecule has 2 aliphatic carbocycles. The van der Waals surface area contributed by atoms with Crippen LogP contribution in [0.25, 0.3) is 11.1 Å². The summed E-state index contributed by atoms with van der Waals surface area (Å²) < 4.78 is 0. The normalized spacial score (nSPS) is 16.5. The molecule has 0 unspecified atom stereocenters. The predicted octanol–water partition coefficient (Wildman–Crippen LogP) is 13.7. The highest BCUT2D eigenvalue weighted by Crippen LogP contribution is 2.41. The summed E-state index contributed by atoms with van der Waals surface area (Å²) in [7, 11) is 0. The fraction of sp³-hybridized carbons (Fsp3) is 0.381. The van der Waals surface area contributed by atoms with E-state index in [4.69, 9.17) is 23.2 Å². The van der Waals surface area contributed by atoms with Crippen molar-refractivity contribution in [3.05, 3.63) is 117 Å². The molecule has 4 rings (SSSR count). The van der Waals surface area contributed by atoms with Crippen molar-refractivity contribution in [3.63, 3.8) is 0 Å². The molecule has 0 saturated carbocycles.